The second-order valence-corrected chi connectivity index (χ2v) is 14.7. The Bertz CT molecular complexity index is 1370. The Balaban J connectivity index is 4.59. The summed E-state index contributed by atoms with van der Waals surface area (Å²) in [6, 6.07) is 0. The van der Waals surface area contributed by atoms with Crippen LogP contribution in [0.5, 0.6) is 0 Å². The fourth-order valence-electron chi connectivity index (χ4n) is 5.61. The molecule has 0 spiro atoms. The minimum absolute atomic E-state index is 0.139. The van der Waals surface area contributed by atoms with Crippen molar-refractivity contribution in [3.63, 3.8) is 0 Å². The number of ether oxygens (including phenoxy) is 3. The zero-order chi connectivity index (χ0) is 43.7. The molecule has 0 saturated carbocycles. The molecule has 0 rings (SSSR count). The first-order valence-electron chi connectivity index (χ1n) is 23.3. The van der Waals surface area contributed by atoms with Gasteiger partial charge in [0.1, 0.15) is 13.2 Å². The van der Waals surface area contributed by atoms with E-state index in [4.69, 9.17) is 14.2 Å². The molecule has 0 aliphatic rings. The van der Waals surface area contributed by atoms with Crippen molar-refractivity contribution in [2.24, 2.45) is 0 Å². The molecule has 0 heterocycles. The average molecular weight is 827 g/mol. The van der Waals surface area contributed by atoms with Crippen molar-refractivity contribution in [3.8, 4) is 0 Å². The van der Waals surface area contributed by atoms with E-state index in [1.807, 2.05) is 54.7 Å². The minimum atomic E-state index is -0.847. The Hall–Kier alpha value is -4.45. The predicted molar refractivity (Wildman–Crippen MR) is 256 cm³/mol. The molecule has 0 N–H and O–H groups in total. The summed E-state index contributed by atoms with van der Waals surface area (Å²) in [5.74, 6) is -1.10. The molecular weight excluding hydrogens is 745 g/mol. The molecule has 0 amide bonds. The highest BCUT2D eigenvalue weighted by molar-refractivity contribution is 5.71. The van der Waals surface area contributed by atoms with E-state index in [2.05, 4.69) is 99.8 Å². The maximum atomic E-state index is 12.7. The fourth-order valence-corrected chi connectivity index (χ4v) is 5.61. The highest BCUT2D eigenvalue weighted by Gasteiger charge is 2.19. The maximum absolute atomic E-state index is 12.7. The van der Waals surface area contributed by atoms with Gasteiger partial charge < -0.3 is 14.2 Å². The van der Waals surface area contributed by atoms with Gasteiger partial charge in [0, 0.05) is 19.3 Å². The zero-order valence-corrected chi connectivity index (χ0v) is 37.9. The summed E-state index contributed by atoms with van der Waals surface area (Å²) in [5.41, 5.74) is 0. The van der Waals surface area contributed by atoms with Crippen LogP contribution in [0.1, 0.15) is 168 Å². The molecule has 0 aliphatic carbocycles. The lowest BCUT2D eigenvalue weighted by Gasteiger charge is -2.18. The van der Waals surface area contributed by atoms with Gasteiger partial charge in [0.2, 0.25) is 0 Å². The molecule has 0 radical (unpaired) electrons. The molecule has 6 nitrogen and oxygen atoms in total. The number of esters is 3. The van der Waals surface area contributed by atoms with Crippen LogP contribution in [0.15, 0.2) is 134 Å². The van der Waals surface area contributed by atoms with Gasteiger partial charge in [0.15, 0.2) is 6.10 Å². The fraction of sp³-hybridized carbons (Fsp3) is 0.537. The van der Waals surface area contributed by atoms with E-state index in [1.54, 1.807) is 0 Å². The number of hydrogen-bond donors (Lipinski definition) is 0. The van der Waals surface area contributed by atoms with Gasteiger partial charge in [-0.2, -0.15) is 0 Å². The van der Waals surface area contributed by atoms with Crippen molar-refractivity contribution in [3.05, 3.63) is 134 Å². The molecule has 0 aromatic carbocycles. The van der Waals surface area contributed by atoms with Crippen LogP contribution < -0.4 is 0 Å². The van der Waals surface area contributed by atoms with Gasteiger partial charge in [-0.25, -0.2) is 0 Å². The van der Waals surface area contributed by atoms with E-state index in [9.17, 15) is 14.4 Å². The minimum Gasteiger partial charge on any atom is -0.462 e. The molecule has 1 atom stereocenters. The van der Waals surface area contributed by atoms with Crippen molar-refractivity contribution in [2.45, 2.75) is 175 Å². The topological polar surface area (TPSA) is 78.9 Å². The highest BCUT2D eigenvalue weighted by atomic mass is 16.6. The van der Waals surface area contributed by atoms with Gasteiger partial charge >= 0.3 is 17.9 Å². The Morgan fingerprint density at radius 3 is 1.28 bits per heavy atom. The largest absolute Gasteiger partial charge is 0.462 e. The molecule has 0 saturated heterocycles. The van der Waals surface area contributed by atoms with E-state index in [1.165, 1.54) is 32.1 Å². The van der Waals surface area contributed by atoms with Crippen LogP contribution in [-0.4, -0.2) is 37.2 Å². The molecular formula is C54H82O6. The Kier molecular flexibility index (Phi) is 43.7. The first-order valence-corrected chi connectivity index (χ1v) is 23.3. The highest BCUT2D eigenvalue weighted by Crippen LogP contribution is 2.11. The van der Waals surface area contributed by atoms with Crippen LogP contribution in [0.25, 0.3) is 0 Å². The zero-order valence-electron chi connectivity index (χ0n) is 37.9. The summed E-state index contributed by atoms with van der Waals surface area (Å²) in [5, 5.41) is 0. The molecule has 334 valence electrons. The summed E-state index contributed by atoms with van der Waals surface area (Å²) in [4.78, 5) is 37.7. The van der Waals surface area contributed by atoms with Gasteiger partial charge in [-0.15, -0.1) is 0 Å². The third-order valence-electron chi connectivity index (χ3n) is 9.06. The Morgan fingerprint density at radius 1 is 0.367 bits per heavy atom. The SMILES string of the molecule is CC\C=C/C=C\C=C/C=C\C=C/CCCC(=O)OC(COC(=O)CCC/C=C\C/C=C\C/C=C\CC)COC(=O)CCCCCCC\C=C/C=C\C=C/CCCCCCC. The van der Waals surface area contributed by atoms with E-state index in [0.717, 1.165) is 77.0 Å². The number of carbonyl (C=O) groups excluding carboxylic acids is 3. The summed E-state index contributed by atoms with van der Waals surface area (Å²) >= 11 is 0. The van der Waals surface area contributed by atoms with Gasteiger partial charge in [-0.1, -0.05) is 199 Å². The normalized spacial score (nSPS) is 13.3. The average Bonchev–Trinajstić information content (AvgIpc) is 3.24. The molecule has 1 unspecified atom stereocenters. The van der Waals surface area contributed by atoms with Gasteiger partial charge in [-0.05, 0) is 83.5 Å². The molecule has 6 heteroatoms. The van der Waals surface area contributed by atoms with Gasteiger partial charge in [-0.3, -0.25) is 14.4 Å². The van der Waals surface area contributed by atoms with E-state index in [-0.39, 0.29) is 38.0 Å². The molecule has 0 aromatic heterocycles. The van der Waals surface area contributed by atoms with Crippen LogP contribution in [-0.2, 0) is 28.6 Å². The third kappa shape index (κ3) is 44.6. The summed E-state index contributed by atoms with van der Waals surface area (Å²) in [7, 11) is 0. The molecule has 0 aliphatic heterocycles. The molecule has 0 bridgehead atoms. The Morgan fingerprint density at radius 2 is 0.750 bits per heavy atom. The quantitative estimate of drug-likeness (QED) is 0.0202. The number of allylic oxidation sites excluding steroid dienone is 22. The lowest BCUT2D eigenvalue weighted by Crippen LogP contribution is -2.30. The van der Waals surface area contributed by atoms with Crippen LogP contribution in [0.2, 0.25) is 0 Å². The van der Waals surface area contributed by atoms with E-state index in [0.29, 0.717) is 25.7 Å². The van der Waals surface area contributed by atoms with Crippen LogP contribution in [0, 0.1) is 0 Å². The lowest BCUT2D eigenvalue weighted by molar-refractivity contribution is -0.167. The second-order valence-electron chi connectivity index (χ2n) is 14.7. The lowest BCUT2D eigenvalue weighted by atomic mass is 10.1. The summed E-state index contributed by atoms with van der Waals surface area (Å²) in [6.07, 6.45) is 65.9. The smallest absolute Gasteiger partial charge is 0.306 e. The van der Waals surface area contributed by atoms with Gasteiger partial charge in [0.05, 0.1) is 0 Å². The van der Waals surface area contributed by atoms with Crippen molar-refractivity contribution in [1.29, 1.82) is 0 Å². The van der Waals surface area contributed by atoms with Crippen LogP contribution >= 0.6 is 0 Å². The second kappa shape index (κ2) is 47.2. The van der Waals surface area contributed by atoms with Crippen LogP contribution in [0.3, 0.4) is 0 Å². The van der Waals surface area contributed by atoms with Crippen molar-refractivity contribution < 1.29 is 28.6 Å². The predicted octanol–water partition coefficient (Wildman–Crippen LogP) is 15.1. The van der Waals surface area contributed by atoms with Crippen molar-refractivity contribution >= 4 is 17.9 Å². The molecule has 60 heavy (non-hydrogen) atoms. The summed E-state index contributed by atoms with van der Waals surface area (Å²) < 4.78 is 16.6. The number of hydrogen-bond acceptors (Lipinski definition) is 6. The number of unbranched alkanes of at least 4 members (excludes halogenated alkanes) is 12. The monoisotopic (exact) mass is 827 g/mol. The molecule has 0 aromatic rings. The van der Waals surface area contributed by atoms with Crippen LogP contribution in [0.4, 0.5) is 0 Å². The van der Waals surface area contributed by atoms with Crippen molar-refractivity contribution in [2.75, 3.05) is 13.2 Å². The third-order valence-corrected chi connectivity index (χ3v) is 9.06. The maximum Gasteiger partial charge on any atom is 0.306 e. The first-order chi connectivity index (χ1) is 29.5. The molecule has 0 fully saturated rings. The van der Waals surface area contributed by atoms with E-state index < -0.39 is 12.1 Å². The Labute approximate surface area is 366 Å². The summed E-state index contributed by atoms with van der Waals surface area (Å²) in [6.45, 7) is 6.19. The van der Waals surface area contributed by atoms with Crippen molar-refractivity contribution in [1.82, 2.24) is 0 Å². The standard InChI is InChI=1S/C54H82O6/c1-4-7-10-13-16-19-22-24-25-26-27-28-30-32-35-38-41-44-47-53(56)59-50-51(49-58-52(55)46-43-40-37-34-31-21-18-15-12-9-6-3)60-54(57)48-45-42-39-36-33-29-23-20-17-14-11-8-5-2/h8-9,11-12,14,17-18,20-29,33-34,36-37,39,51H,4-7,10,13,15-16,19,30-32,35,38,40-50H2,1-3H3/b11-8-,12-9-,17-14-,21-18-,23-20-,24-22-,26-25-,28-27-,33-29-,37-34-,39-36-. The van der Waals surface area contributed by atoms with E-state index >= 15 is 0 Å². The number of rotatable bonds is 39. The van der Waals surface area contributed by atoms with Gasteiger partial charge in [0.25, 0.3) is 0 Å². The number of carbonyl (C=O) groups is 3. The first kappa shape index (κ1) is 55.5.